The van der Waals surface area contributed by atoms with E-state index in [2.05, 4.69) is 14.8 Å². The summed E-state index contributed by atoms with van der Waals surface area (Å²) < 4.78 is 7.72. The van der Waals surface area contributed by atoms with Crippen molar-refractivity contribution in [2.45, 2.75) is 48.6 Å². The number of primary amides is 1. The lowest BCUT2D eigenvalue weighted by atomic mass is 9.95. The van der Waals surface area contributed by atoms with Gasteiger partial charge in [-0.05, 0) is 30.5 Å². The van der Waals surface area contributed by atoms with Gasteiger partial charge in [0.2, 0.25) is 11.7 Å². The molecule has 0 bridgehead atoms. The molecule has 1 aliphatic carbocycles. The number of nitrogens with two attached hydrogens (primary N) is 1. The summed E-state index contributed by atoms with van der Waals surface area (Å²) in [6.07, 6.45) is 7.41. The summed E-state index contributed by atoms with van der Waals surface area (Å²) in [5.74, 6) is 1.02. The van der Waals surface area contributed by atoms with Gasteiger partial charge in [0.05, 0.1) is 6.26 Å². The normalized spacial score (nSPS) is 16.3. The van der Waals surface area contributed by atoms with Crippen LogP contribution in [0.3, 0.4) is 0 Å². The zero-order valence-electron chi connectivity index (χ0n) is 15.0. The van der Waals surface area contributed by atoms with E-state index in [-0.39, 0.29) is 5.91 Å². The summed E-state index contributed by atoms with van der Waals surface area (Å²) in [6.45, 7) is 0. The smallest absolute Gasteiger partial charge is 0.235 e. The van der Waals surface area contributed by atoms with Crippen molar-refractivity contribution in [2.75, 3.05) is 0 Å². The fourth-order valence-corrected chi connectivity index (χ4v) is 4.68. The minimum Gasteiger partial charge on any atom is -0.461 e. The molecule has 1 aromatic carbocycles. The number of hydrogen-bond donors (Lipinski definition) is 1. The number of aromatic nitrogens is 3. The Labute approximate surface area is 162 Å². The second-order valence-corrected chi connectivity index (χ2v) is 7.83. The van der Waals surface area contributed by atoms with Crippen molar-refractivity contribution in [1.29, 1.82) is 0 Å². The molecule has 2 heterocycles. The first-order valence-electron chi connectivity index (χ1n) is 9.23. The predicted octanol–water partition coefficient (Wildman–Crippen LogP) is 4.36. The number of hydrogen-bond acceptors (Lipinski definition) is 5. The molecule has 1 atom stereocenters. The summed E-state index contributed by atoms with van der Waals surface area (Å²) in [5, 5.41) is 8.99. The fourth-order valence-electron chi connectivity index (χ4n) is 3.62. The quantitative estimate of drug-likeness (QED) is 0.640. The zero-order valence-corrected chi connectivity index (χ0v) is 15.8. The summed E-state index contributed by atoms with van der Waals surface area (Å²) in [5.41, 5.74) is 6.58. The molecular formula is C20H22N4O2S. The number of carbonyl (C=O) groups excluding carboxylic acids is 1. The lowest BCUT2D eigenvalue weighted by Gasteiger charge is -2.25. The second-order valence-electron chi connectivity index (χ2n) is 6.76. The third kappa shape index (κ3) is 3.78. The van der Waals surface area contributed by atoms with Crippen LogP contribution in [-0.2, 0) is 4.79 Å². The number of furan rings is 1. The Morgan fingerprint density at radius 3 is 2.56 bits per heavy atom. The number of amides is 1. The standard InChI is InChI=1S/C20H22N4O2S/c21-18(25)17(14-8-3-1-4-9-14)27-20-23-22-19(16-12-7-13-26-16)24(20)15-10-5-2-6-11-15/h1,3-4,7-9,12-13,15,17H,2,5-6,10-11H2,(H2,21,25). The summed E-state index contributed by atoms with van der Waals surface area (Å²) in [6, 6.07) is 13.6. The van der Waals surface area contributed by atoms with Gasteiger partial charge in [-0.2, -0.15) is 0 Å². The van der Waals surface area contributed by atoms with Crippen LogP contribution in [-0.4, -0.2) is 20.7 Å². The highest BCUT2D eigenvalue weighted by Crippen LogP contribution is 2.40. The van der Waals surface area contributed by atoms with E-state index in [0.29, 0.717) is 22.8 Å². The molecule has 3 aromatic rings. The minimum absolute atomic E-state index is 0.306. The monoisotopic (exact) mass is 382 g/mol. The lowest BCUT2D eigenvalue weighted by molar-refractivity contribution is -0.117. The van der Waals surface area contributed by atoms with Crippen molar-refractivity contribution in [3.05, 3.63) is 54.3 Å². The first kappa shape index (κ1) is 17.9. The molecule has 0 saturated heterocycles. The molecule has 1 unspecified atom stereocenters. The molecule has 1 amide bonds. The second kappa shape index (κ2) is 8.00. The molecule has 1 fully saturated rings. The maximum Gasteiger partial charge on any atom is 0.235 e. The maximum atomic E-state index is 12.2. The zero-order chi connectivity index (χ0) is 18.6. The van der Waals surface area contributed by atoms with Crippen LogP contribution in [0.5, 0.6) is 0 Å². The molecule has 0 aliphatic heterocycles. The van der Waals surface area contributed by atoms with E-state index in [1.807, 2.05) is 42.5 Å². The third-order valence-corrected chi connectivity index (χ3v) is 6.16. The summed E-state index contributed by atoms with van der Waals surface area (Å²) >= 11 is 1.36. The average molecular weight is 382 g/mol. The van der Waals surface area contributed by atoms with Crippen LogP contribution in [0.2, 0.25) is 0 Å². The van der Waals surface area contributed by atoms with E-state index in [1.165, 1.54) is 31.0 Å². The number of thioether (sulfide) groups is 1. The minimum atomic E-state index is -0.512. The van der Waals surface area contributed by atoms with Gasteiger partial charge in [0.25, 0.3) is 0 Å². The van der Waals surface area contributed by atoms with Gasteiger partial charge < -0.3 is 10.2 Å². The highest BCUT2D eigenvalue weighted by Gasteiger charge is 2.28. The average Bonchev–Trinajstić information content (AvgIpc) is 3.37. The first-order chi connectivity index (χ1) is 13.2. The first-order valence-corrected chi connectivity index (χ1v) is 10.1. The Balaban J connectivity index is 1.72. The number of benzene rings is 1. The van der Waals surface area contributed by atoms with Crippen molar-refractivity contribution in [3.8, 4) is 11.6 Å². The maximum absolute atomic E-state index is 12.2. The Morgan fingerprint density at radius 2 is 1.89 bits per heavy atom. The Bertz CT molecular complexity index is 886. The van der Waals surface area contributed by atoms with Gasteiger partial charge in [-0.1, -0.05) is 61.4 Å². The Morgan fingerprint density at radius 1 is 1.11 bits per heavy atom. The highest BCUT2D eigenvalue weighted by atomic mass is 32.2. The van der Waals surface area contributed by atoms with Crippen molar-refractivity contribution in [2.24, 2.45) is 5.73 Å². The molecule has 4 rings (SSSR count). The van der Waals surface area contributed by atoms with Gasteiger partial charge >= 0.3 is 0 Å². The summed E-state index contributed by atoms with van der Waals surface area (Å²) in [4.78, 5) is 12.2. The molecule has 0 radical (unpaired) electrons. The number of nitrogens with zero attached hydrogens (tertiary/aromatic N) is 3. The van der Waals surface area contributed by atoms with Gasteiger partial charge in [0, 0.05) is 6.04 Å². The van der Waals surface area contributed by atoms with Gasteiger partial charge in [-0.15, -0.1) is 10.2 Å². The molecule has 7 heteroatoms. The van der Waals surface area contributed by atoms with Crippen molar-refractivity contribution >= 4 is 17.7 Å². The van der Waals surface area contributed by atoms with E-state index in [4.69, 9.17) is 10.2 Å². The third-order valence-electron chi connectivity index (χ3n) is 4.93. The van der Waals surface area contributed by atoms with E-state index in [9.17, 15) is 4.79 Å². The van der Waals surface area contributed by atoms with Crippen LogP contribution in [0.15, 0.2) is 58.3 Å². The molecule has 140 valence electrons. The van der Waals surface area contributed by atoms with Crippen LogP contribution in [0.25, 0.3) is 11.6 Å². The van der Waals surface area contributed by atoms with E-state index < -0.39 is 5.25 Å². The molecule has 0 spiro atoms. The van der Waals surface area contributed by atoms with Crippen LogP contribution < -0.4 is 5.73 Å². The topological polar surface area (TPSA) is 86.9 Å². The molecular weight excluding hydrogens is 360 g/mol. The van der Waals surface area contributed by atoms with E-state index in [1.54, 1.807) is 6.26 Å². The summed E-state index contributed by atoms with van der Waals surface area (Å²) in [7, 11) is 0. The number of carbonyl (C=O) groups is 1. The molecule has 6 nitrogen and oxygen atoms in total. The molecule has 2 N–H and O–H groups in total. The van der Waals surface area contributed by atoms with Crippen molar-refractivity contribution < 1.29 is 9.21 Å². The molecule has 27 heavy (non-hydrogen) atoms. The van der Waals surface area contributed by atoms with Crippen LogP contribution in [0, 0.1) is 0 Å². The fraction of sp³-hybridized carbons (Fsp3) is 0.350. The lowest BCUT2D eigenvalue weighted by Crippen LogP contribution is -2.20. The predicted molar refractivity (Wildman–Crippen MR) is 104 cm³/mol. The number of rotatable bonds is 6. The van der Waals surface area contributed by atoms with Gasteiger partial charge in [-0.25, -0.2) is 0 Å². The van der Waals surface area contributed by atoms with Gasteiger partial charge in [0.15, 0.2) is 10.9 Å². The molecule has 1 saturated carbocycles. The van der Waals surface area contributed by atoms with Crippen LogP contribution in [0.4, 0.5) is 0 Å². The van der Waals surface area contributed by atoms with Gasteiger partial charge in [0.1, 0.15) is 5.25 Å². The van der Waals surface area contributed by atoms with Crippen LogP contribution in [0.1, 0.15) is 49.0 Å². The highest BCUT2D eigenvalue weighted by molar-refractivity contribution is 8.00. The van der Waals surface area contributed by atoms with Crippen molar-refractivity contribution in [1.82, 2.24) is 14.8 Å². The van der Waals surface area contributed by atoms with Crippen LogP contribution >= 0.6 is 11.8 Å². The van der Waals surface area contributed by atoms with Crippen molar-refractivity contribution in [3.63, 3.8) is 0 Å². The SMILES string of the molecule is NC(=O)C(Sc1nnc(-c2ccco2)n1C1CCCCC1)c1ccccc1. The largest absolute Gasteiger partial charge is 0.461 e. The van der Waals surface area contributed by atoms with Gasteiger partial charge in [-0.3, -0.25) is 9.36 Å². The molecule has 1 aliphatic rings. The van der Waals surface area contributed by atoms with E-state index >= 15 is 0 Å². The van der Waals surface area contributed by atoms with E-state index in [0.717, 1.165) is 18.4 Å². The molecule has 2 aromatic heterocycles. The Kier molecular flexibility index (Phi) is 5.29. The Hall–Kier alpha value is -2.54.